The minimum Gasteiger partial charge on any atom is -0.379 e. The van der Waals surface area contributed by atoms with Gasteiger partial charge in [0.1, 0.15) is 5.69 Å². The third-order valence-corrected chi connectivity index (χ3v) is 3.38. The van der Waals surface area contributed by atoms with Crippen LogP contribution in [0, 0.1) is 10.1 Å². The number of anilines is 2. The highest BCUT2D eigenvalue weighted by Crippen LogP contribution is 2.22. The zero-order valence-electron chi connectivity index (χ0n) is 13.2. The first-order valence-corrected chi connectivity index (χ1v) is 7.49. The van der Waals surface area contributed by atoms with Gasteiger partial charge in [-0.05, 0) is 19.1 Å². The van der Waals surface area contributed by atoms with Crippen LogP contribution in [0.15, 0.2) is 47.4 Å². The predicted octanol–water partition coefficient (Wildman–Crippen LogP) is 2.22. The molecule has 2 N–H and O–H groups in total. The zero-order valence-corrected chi connectivity index (χ0v) is 13.2. The Morgan fingerprint density at radius 1 is 1.25 bits per heavy atom. The van der Waals surface area contributed by atoms with Crippen molar-refractivity contribution in [2.24, 2.45) is 0 Å². The number of amides is 1. The molecule has 0 aliphatic rings. The van der Waals surface area contributed by atoms with Crippen LogP contribution in [0.25, 0.3) is 0 Å². The zero-order chi connectivity index (χ0) is 17.5. The molecule has 1 heterocycles. The van der Waals surface area contributed by atoms with E-state index < -0.39 is 4.92 Å². The van der Waals surface area contributed by atoms with E-state index in [1.807, 2.05) is 6.92 Å². The molecule has 1 amide bonds. The molecule has 0 saturated carbocycles. The first-order valence-electron chi connectivity index (χ1n) is 7.49. The van der Waals surface area contributed by atoms with Gasteiger partial charge in [0, 0.05) is 37.8 Å². The molecule has 0 radical (unpaired) electrons. The van der Waals surface area contributed by atoms with Gasteiger partial charge in [-0.3, -0.25) is 19.7 Å². The number of hydrogen-bond donors (Lipinski definition) is 2. The van der Waals surface area contributed by atoms with E-state index in [0.29, 0.717) is 17.9 Å². The Kier molecular flexibility index (Phi) is 5.67. The van der Waals surface area contributed by atoms with Gasteiger partial charge in [-0.1, -0.05) is 12.1 Å². The van der Waals surface area contributed by atoms with Gasteiger partial charge in [0.25, 0.3) is 11.2 Å². The second kappa shape index (κ2) is 7.91. The number of nitrogens with zero attached hydrogens (tertiary/aromatic N) is 2. The Balaban J connectivity index is 1.90. The largest absolute Gasteiger partial charge is 0.379 e. The molecule has 0 unspecified atom stereocenters. The first-order chi connectivity index (χ1) is 11.5. The summed E-state index contributed by atoms with van der Waals surface area (Å²) in [5.41, 5.74) is 0.739. The second-order valence-electron chi connectivity index (χ2n) is 5.04. The summed E-state index contributed by atoms with van der Waals surface area (Å²) < 4.78 is 1.49. The van der Waals surface area contributed by atoms with Gasteiger partial charge >= 0.3 is 0 Å². The maximum absolute atomic E-state index is 11.9. The van der Waals surface area contributed by atoms with Crippen LogP contribution in [0.5, 0.6) is 0 Å². The van der Waals surface area contributed by atoms with Crippen molar-refractivity contribution in [3.8, 4) is 0 Å². The maximum atomic E-state index is 11.9. The number of aryl methyl sites for hydroxylation is 1. The molecule has 2 aromatic rings. The van der Waals surface area contributed by atoms with Crippen molar-refractivity contribution in [3.05, 3.63) is 63.1 Å². The number of aromatic nitrogens is 1. The average molecular weight is 330 g/mol. The normalized spacial score (nSPS) is 10.2. The molecule has 1 aromatic carbocycles. The maximum Gasteiger partial charge on any atom is 0.292 e. The van der Waals surface area contributed by atoms with E-state index in [1.54, 1.807) is 30.5 Å². The minimum atomic E-state index is -0.476. The highest BCUT2D eigenvalue weighted by Gasteiger charge is 2.12. The number of nitro benzene ring substituents is 1. The van der Waals surface area contributed by atoms with Crippen molar-refractivity contribution in [1.29, 1.82) is 0 Å². The summed E-state index contributed by atoms with van der Waals surface area (Å²) in [6.07, 6.45) is 1.72. The number of rotatable bonds is 7. The lowest BCUT2D eigenvalue weighted by molar-refractivity contribution is -0.384. The number of hydrogen-bond acceptors (Lipinski definition) is 5. The summed E-state index contributed by atoms with van der Waals surface area (Å²) in [4.78, 5) is 33.9. The summed E-state index contributed by atoms with van der Waals surface area (Å²) in [6, 6.07) is 9.19. The monoisotopic (exact) mass is 330 g/mol. The first kappa shape index (κ1) is 17.2. The Labute approximate surface area is 138 Å². The van der Waals surface area contributed by atoms with Gasteiger partial charge in [0.15, 0.2) is 0 Å². The third kappa shape index (κ3) is 4.42. The Morgan fingerprint density at radius 3 is 2.71 bits per heavy atom. The van der Waals surface area contributed by atoms with Crippen molar-refractivity contribution in [2.45, 2.75) is 19.9 Å². The molecular weight excluding hydrogens is 312 g/mol. The molecular formula is C16H18N4O4. The topological polar surface area (TPSA) is 106 Å². The van der Waals surface area contributed by atoms with Crippen molar-refractivity contribution in [2.75, 3.05) is 17.2 Å². The van der Waals surface area contributed by atoms with E-state index in [9.17, 15) is 19.7 Å². The van der Waals surface area contributed by atoms with Crippen LogP contribution in [-0.4, -0.2) is 21.9 Å². The van der Waals surface area contributed by atoms with Gasteiger partial charge in [0.05, 0.1) is 10.6 Å². The molecule has 24 heavy (non-hydrogen) atoms. The Bertz CT molecular complexity index is 801. The van der Waals surface area contributed by atoms with E-state index >= 15 is 0 Å². The lowest BCUT2D eigenvalue weighted by atomic mass is 10.2. The molecule has 2 rings (SSSR count). The number of pyridine rings is 1. The number of para-hydroxylation sites is 2. The molecule has 0 fully saturated rings. The molecule has 1 aromatic heterocycles. The molecule has 0 saturated heterocycles. The van der Waals surface area contributed by atoms with Gasteiger partial charge in [0.2, 0.25) is 5.91 Å². The predicted molar refractivity (Wildman–Crippen MR) is 91.2 cm³/mol. The van der Waals surface area contributed by atoms with Crippen LogP contribution in [0.1, 0.15) is 13.3 Å². The van der Waals surface area contributed by atoms with Crippen molar-refractivity contribution >= 4 is 23.0 Å². The SMILES string of the molecule is CCn1cc(NC(=O)CCNc2ccccc2[N+](=O)[O-])ccc1=O. The minimum absolute atomic E-state index is 0.0343. The fraction of sp³-hybridized carbons (Fsp3) is 0.250. The quantitative estimate of drug-likeness (QED) is 0.598. The van der Waals surface area contributed by atoms with E-state index in [1.165, 1.54) is 16.7 Å². The standard InChI is InChI=1S/C16H18N4O4/c1-2-19-11-12(7-8-16(19)22)18-15(21)9-10-17-13-5-3-4-6-14(13)20(23)24/h3-8,11,17H,2,9-10H2,1H3,(H,18,21). The van der Waals surface area contributed by atoms with Gasteiger partial charge in [-0.15, -0.1) is 0 Å². The van der Waals surface area contributed by atoms with Crippen LogP contribution < -0.4 is 16.2 Å². The van der Waals surface area contributed by atoms with Gasteiger partial charge in [-0.2, -0.15) is 0 Å². The fourth-order valence-electron chi connectivity index (χ4n) is 2.17. The Morgan fingerprint density at radius 2 is 2.00 bits per heavy atom. The van der Waals surface area contributed by atoms with Crippen LogP contribution >= 0.6 is 0 Å². The smallest absolute Gasteiger partial charge is 0.292 e. The van der Waals surface area contributed by atoms with E-state index in [4.69, 9.17) is 0 Å². The van der Waals surface area contributed by atoms with Crippen LogP contribution in [0.2, 0.25) is 0 Å². The summed E-state index contributed by atoms with van der Waals surface area (Å²) in [7, 11) is 0. The molecule has 8 nitrogen and oxygen atoms in total. The highest BCUT2D eigenvalue weighted by molar-refractivity contribution is 5.90. The van der Waals surface area contributed by atoms with Crippen LogP contribution in [0.4, 0.5) is 17.1 Å². The number of nitro groups is 1. The molecule has 0 aliphatic heterocycles. The van der Waals surface area contributed by atoms with Crippen LogP contribution in [0.3, 0.4) is 0 Å². The number of benzene rings is 1. The third-order valence-electron chi connectivity index (χ3n) is 3.38. The van der Waals surface area contributed by atoms with E-state index in [0.717, 1.165) is 0 Å². The Hall–Kier alpha value is -3.16. The number of nitrogens with one attached hydrogen (secondary N) is 2. The van der Waals surface area contributed by atoms with Crippen molar-refractivity contribution in [1.82, 2.24) is 4.57 Å². The lowest BCUT2D eigenvalue weighted by Gasteiger charge is -2.09. The summed E-state index contributed by atoms with van der Waals surface area (Å²) in [6.45, 7) is 2.61. The number of carbonyl (C=O) groups is 1. The highest BCUT2D eigenvalue weighted by atomic mass is 16.6. The van der Waals surface area contributed by atoms with Gasteiger partial charge < -0.3 is 15.2 Å². The molecule has 0 bridgehead atoms. The molecule has 8 heteroatoms. The van der Waals surface area contributed by atoms with Crippen molar-refractivity contribution in [3.63, 3.8) is 0 Å². The number of carbonyl (C=O) groups excluding carboxylic acids is 1. The fourth-order valence-corrected chi connectivity index (χ4v) is 2.17. The van der Waals surface area contributed by atoms with E-state index in [2.05, 4.69) is 10.6 Å². The molecule has 126 valence electrons. The molecule has 0 spiro atoms. The summed E-state index contributed by atoms with van der Waals surface area (Å²) >= 11 is 0. The lowest BCUT2D eigenvalue weighted by Crippen LogP contribution is -2.21. The van der Waals surface area contributed by atoms with Crippen molar-refractivity contribution < 1.29 is 9.72 Å². The van der Waals surface area contributed by atoms with Crippen LogP contribution in [-0.2, 0) is 11.3 Å². The molecule has 0 aliphatic carbocycles. The molecule has 0 atom stereocenters. The average Bonchev–Trinajstić information content (AvgIpc) is 2.57. The second-order valence-corrected chi connectivity index (χ2v) is 5.04. The summed E-state index contributed by atoms with van der Waals surface area (Å²) in [5.74, 6) is -0.248. The van der Waals surface area contributed by atoms with E-state index in [-0.39, 0.29) is 30.1 Å². The van der Waals surface area contributed by atoms with Gasteiger partial charge in [-0.25, -0.2) is 0 Å². The summed E-state index contributed by atoms with van der Waals surface area (Å²) in [5, 5.41) is 16.5.